The Kier molecular flexibility index (Phi) is 2.71. The van der Waals surface area contributed by atoms with Crippen molar-refractivity contribution in [2.75, 3.05) is 19.6 Å². The predicted octanol–water partition coefficient (Wildman–Crippen LogP) is 1.74. The van der Waals surface area contributed by atoms with E-state index in [2.05, 4.69) is 22.5 Å². The highest BCUT2D eigenvalue weighted by molar-refractivity contribution is 7.08. The minimum atomic E-state index is 0.227. The molecule has 0 aliphatic carbocycles. The van der Waals surface area contributed by atoms with Crippen molar-refractivity contribution in [1.29, 1.82) is 0 Å². The first-order valence-corrected chi connectivity index (χ1v) is 7.17. The summed E-state index contributed by atoms with van der Waals surface area (Å²) in [5.41, 5.74) is 2.01. The maximum atomic E-state index is 12.5. The summed E-state index contributed by atoms with van der Waals surface area (Å²) in [4.78, 5) is 14.6. The fraction of sp³-hybridized carbons (Fsp3) is 0.615. The largest absolute Gasteiger partial charge is 0.335 e. The average Bonchev–Trinajstić information content (AvgIpc) is 2.96. The van der Waals surface area contributed by atoms with E-state index in [1.54, 1.807) is 11.3 Å². The molecule has 2 aliphatic rings. The van der Waals surface area contributed by atoms with E-state index in [1.165, 1.54) is 0 Å². The lowest BCUT2D eigenvalue weighted by atomic mass is 9.95. The van der Waals surface area contributed by atoms with Crippen LogP contribution in [0.4, 0.5) is 0 Å². The Morgan fingerprint density at radius 2 is 2.29 bits per heavy atom. The summed E-state index contributed by atoms with van der Waals surface area (Å²) in [6.07, 6.45) is 0. The fourth-order valence-corrected chi connectivity index (χ4v) is 3.99. The molecule has 3 unspecified atom stereocenters. The van der Waals surface area contributed by atoms with Gasteiger partial charge in [0, 0.05) is 31.1 Å². The molecule has 2 aliphatic heterocycles. The van der Waals surface area contributed by atoms with Crippen LogP contribution in [-0.4, -0.2) is 36.5 Å². The number of carbonyl (C=O) groups excluding carboxylic acids is 1. The second-order valence-corrected chi connectivity index (χ2v) is 5.99. The lowest BCUT2D eigenvalue weighted by molar-refractivity contribution is 0.0728. The lowest BCUT2D eigenvalue weighted by Crippen LogP contribution is -2.38. The van der Waals surface area contributed by atoms with Crippen LogP contribution in [0.25, 0.3) is 0 Å². The standard InChI is InChI=1S/C13H18N2OS/c1-8-6-17-7-12(8)13(16)15-5-10-3-14-4-11(10)9(15)2/h6-7,9-11,14H,3-5H2,1-2H3. The van der Waals surface area contributed by atoms with Crippen molar-refractivity contribution in [3.63, 3.8) is 0 Å². The molecular weight excluding hydrogens is 232 g/mol. The Bertz CT molecular complexity index is 442. The minimum absolute atomic E-state index is 0.227. The van der Waals surface area contributed by atoms with Gasteiger partial charge in [-0.15, -0.1) is 0 Å². The number of carbonyl (C=O) groups is 1. The first kappa shape index (κ1) is 11.2. The summed E-state index contributed by atoms with van der Waals surface area (Å²) in [6.45, 7) is 7.27. The Hall–Kier alpha value is -0.870. The number of hydrogen-bond acceptors (Lipinski definition) is 3. The number of amides is 1. The van der Waals surface area contributed by atoms with Crippen molar-refractivity contribution in [1.82, 2.24) is 10.2 Å². The quantitative estimate of drug-likeness (QED) is 0.823. The molecule has 1 aromatic rings. The number of thiophene rings is 1. The van der Waals surface area contributed by atoms with Crippen LogP contribution in [-0.2, 0) is 0 Å². The van der Waals surface area contributed by atoms with E-state index < -0.39 is 0 Å². The highest BCUT2D eigenvalue weighted by Crippen LogP contribution is 2.33. The third-order valence-electron chi connectivity index (χ3n) is 4.28. The molecular formula is C13H18N2OS. The molecule has 4 heteroatoms. The highest BCUT2D eigenvalue weighted by Gasteiger charge is 2.43. The second-order valence-electron chi connectivity index (χ2n) is 5.25. The molecule has 17 heavy (non-hydrogen) atoms. The number of fused-ring (bicyclic) bond motifs is 1. The molecule has 1 aromatic heterocycles. The van der Waals surface area contributed by atoms with E-state index in [1.807, 2.05) is 12.3 Å². The van der Waals surface area contributed by atoms with Crippen LogP contribution in [0.3, 0.4) is 0 Å². The average molecular weight is 250 g/mol. The highest BCUT2D eigenvalue weighted by atomic mass is 32.1. The molecule has 3 heterocycles. The first-order chi connectivity index (χ1) is 8.18. The van der Waals surface area contributed by atoms with Gasteiger partial charge in [0.1, 0.15) is 0 Å². The number of aryl methyl sites for hydroxylation is 1. The molecule has 0 bridgehead atoms. The number of likely N-dealkylation sites (tertiary alicyclic amines) is 1. The van der Waals surface area contributed by atoms with Crippen LogP contribution in [0.5, 0.6) is 0 Å². The molecule has 3 rings (SSSR count). The molecule has 2 saturated heterocycles. The van der Waals surface area contributed by atoms with Gasteiger partial charge in [-0.2, -0.15) is 11.3 Å². The molecule has 3 nitrogen and oxygen atoms in total. The van der Waals surface area contributed by atoms with Crippen molar-refractivity contribution in [3.05, 3.63) is 21.9 Å². The summed E-state index contributed by atoms with van der Waals surface area (Å²) >= 11 is 1.62. The zero-order valence-electron chi connectivity index (χ0n) is 10.3. The van der Waals surface area contributed by atoms with Gasteiger partial charge in [-0.25, -0.2) is 0 Å². The van der Waals surface area contributed by atoms with Crippen LogP contribution in [0, 0.1) is 18.8 Å². The van der Waals surface area contributed by atoms with Crippen molar-refractivity contribution in [2.24, 2.45) is 11.8 Å². The van der Waals surface area contributed by atoms with Crippen molar-refractivity contribution < 1.29 is 4.79 Å². The van der Waals surface area contributed by atoms with Crippen LogP contribution in [0.15, 0.2) is 10.8 Å². The van der Waals surface area contributed by atoms with Crippen molar-refractivity contribution >= 4 is 17.2 Å². The van der Waals surface area contributed by atoms with Gasteiger partial charge in [-0.05, 0) is 36.6 Å². The summed E-state index contributed by atoms with van der Waals surface area (Å²) in [5, 5.41) is 7.46. The number of nitrogens with one attached hydrogen (secondary N) is 1. The predicted molar refractivity (Wildman–Crippen MR) is 69.4 cm³/mol. The molecule has 0 aromatic carbocycles. The topological polar surface area (TPSA) is 32.3 Å². The summed E-state index contributed by atoms with van der Waals surface area (Å²) in [5.74, 6) is 1.54. The molecule has 0 spiro atoms. The zero-order valence-corrected chi connectivity index (χ0v) is 11.1. The smallest absolute Gasteiger partial charge is 0.255 e. The fourth-order valence-electron chi connectivity index (χ4n) is 3.17. The van der Waals surface area contributed by atoms with Gasteiger partial charge >= 0.3 is 0 Å². The van der Waals surface area contributed by atoms with E-state index in [9.17, 15) is 4.79 Å². The Morgan fingerprint density at radius 3 is 2.94 bits per heavy atom. The van der Waals surface area contributed by atoms with Crippen LogP contribution < -0.4 is 5.32 Å². The summed E-state index contributed by atoms with van der Waals surface area (Å²) in [6, 6.07) is 0.377. The first-order valence-electron chi connectivity index (χ1n) is 6.23. The molecule has 0 saturated carbocycles. The summed E-state index contributed by atoms with van der Waals surface area (Å²) in [7, 11) is 0. The molecule has 3 atom stereocenters. The third-order valence-corrected chi connectivity index (χ3v) is 5.14. The maximum absolute atomic E-state index is 12.5. The molecule has 1 N–H and O–H groups in total. The van der Waals surface area contributed by atoms with Crippen molar-refractivity contribution in [2.45, 2.75) is 19.9 Å². The molecule has 1 amide bonds. The van der Waals surface area contributed by atoms with E-state index in [4.69, 9.17) is 0 Å². The third kappa shape index (κ3) is 1.70. The summed E-state index contributed by atoms with van der Waals surface area (Å²) < 4.78 is 0. The van der Waals surface area contributed by atoms with Gasteiger partial charge in [-0.1, -0.05) is 0 Å². The maximum Gasteiger partial charge on any atom is 0.255 e. The lowest BCUT2D eigenvalue weighted by Gasteiger charge is -2.24. The molecule has 92 valence electrons. The van der Waals surface area contributed by atoms with Gasteiger partial charge in [-0.3, -0.25) is 4.79 Å². The van der Waals surface area contributed by atoms with Gasteiger partial charge in [0.25, 0.3) is 5.91 Å². The van der Waals surface area contributed by atoms with Crippen molar-refractivity contribution in [3.8, 4) is 0 Å². The molecule has 2 fully saturated rings. The SMILES string of the molecule is Cc1cscc1C(=O)N1CC2CNCC2C1C. The Labute approximate surface area is 106 Å². The zero-order chi connectivity index (χ0) is 12.0. The van der Waals surface area contributed by atoms with E-state index in [0.29, 0.717) is 17.9 Å². The Morgan fingerprint density at radius 1 is 1.47 bits per heavy atom. The number of hydrogen-bond donors (Lipinski definition) is 1. The molecule has 0 radical (unpaired) electrons. The monoisotopic (exact) mass is 250 g/mol. The van der Waals surface area contributed by atoms with Gasteiger partial charge in [0.15, 0.2) is 0 Å². The van der Waals surface area contributed by atoms with Crippen LogP contribution in [0.1, 0.15) is 22.8 Å². The van der Waals surface area contributed by atoms with Gasteiger partial charge < -0.3 is 10.2 Å². The van der Waals surface area contributed by atoms with Gasteiger partial charge in [0.2, 0.25) is 0 Å². The van der Waals surface area contributed by atoms with E-state index >= 15 is 0 Å². The van der Waals surface area contributed by atoms with E-state index in [0.717, 1.165) is 30.8 Å². The second kappa shape index (κ2) is 4.10. The van der Waals surface area contributed by atoms with Gasteiger partial charge in [0.05, 0.1) is 5.56 Å². The minimum Gasteiger partial charge on any atom is -0.335 e. The normalized spacial score (nSPS) is 31.9. The Balaban J connectivity index is 1.82. The van der Waals surface area contributed by atoms with E-state index in [-0.39, 0.29) is 5.91 Å². The number of rotatable bonds is 1. The van der Waals surface area contributed by atoms with Crippen LogP contribution >= 0.6 is 11.3 Å². The van der Waals surface area contributed by atoms with Crippen LogP contribution in [0.2, 0.25) is 0 Å². The number of nitrogens with zero attached hydrogens (tertiary/aromatic N) is 1.